The van der Waals surface area contributed by atoms with Gasteiger partial charge >= 0.3 is 0 Å². The van der Waals surface area contributed by atoms with Crippen molar-refractivity contribution in [3.8, 4) is 11.5 Å². The number of para-hydroxylation sites is 2. The maximum Gasteiger partial charge on any atom is 0.258 e. The van der Waals surface area contributed by atoms with Gasteiger partial charge in [-0.2, -0.15) is 5.10 Å². The number of aliphatic hydroxyl groups excluding tert-OH is 1. The maximum absolute atomic E-state index is 13.8. The fourth-order valence-corrected chi connectivity index (χ4v) is 11.7. The lowest BCUT2D eigenvalue weighted by Gasteiger charge is -2.32. The highest BCUT2D eigenvalue weighted by Gasteiger charge is 2.45. The van der Waals surface area contributed by atoms with Gasteiger partial charge in [0.2, 0.25) is 0 Å². The number of carbonyl (C=O) groups excluding carboxylic acids is 4. The van der Waals surface area contributed by atoms with Crippen LogP contribution in [-0.4, -0.2) is 74.9 Å². The summed E-state index contributed by atoms with van der Waals surface area (Å²) in [5.74, 6) is 3.73. The molecule has 0 bridgehead atoms. The highest BCUT2D eigenvalue weighted by atomic mass is 35.5. The number of hydrazone groups is 1. The van der Waals surface area contributed by atoms with Crippen LogP contribution in [0.3, 0.4) is 0 Å². The second kappa shape index (κ2) is 24.3. The van der Waals surface area contributed by atoms with Gasteiger partial charge in [0.1, 0.15) is 23.1 Å². The Morgan fingerprint density at radius 3 is 1.62 bits per heavy atom. The number of benzene rings is 6. The van der Waals surface area contributed by atoms with E-state index in [0.717, 1.165) is 112 Å². The van der Waals surface area contributed by atoms with Gasteiger partial charge in [-0.05, 0) is 159 Å². The summed E-state index contributed by atoms with van der Waals surface area (Å²) in [6.07, 6.45) is 9.39. The molecule has 6 aromatic carbocycles. The number of nitrogens with two attached hydrogens (primary N) is 2. The molecule has 3 unspecified atom stereocenters. The largest absolute Gasteiger partial charge is 0.495 e. The van der Waals surface area contributed by atoms with Crippen molar-refractivity contribution in [3.05, 3.63) is 176 Å². The van der Waals surface area contributed by atoms with Crippen molar-refractivity contribution in [3.63, 3.8) is 0 Å². The van der Waals surface area contributed by atoms with Crippen molar-refractivity contribution in [2.24, 2.45) is 27.5 Å². The van der Waals surface area contributed by atoms with E-state index >= 15 is 0 Å². The van der Waals surface area contributed by atoms with Crippen LogP contribution in [0.2, 0.25) is 10.0 Å². The van der Waals surface area contributed by atoms with Crippen molar-refractivity contribution in [1.82, 2.24) is 0 Å². The van der Waals surface area contributed by atoms with E-state index in [-0.39, 0.29) is 49.9 Å². The summed E-state index contributed by atoms with van der Waals surface area (Å²) >= 11 is 12.2. The van der Waals surface area contributed by atoms with E-state index in [4.69, 9.17) is 49.4 Å². The zero-order valence-corrected chi connectivity index (χ0v) is 44.5. The number of carbonyl (C=O) groups is 4. The number of methoxy groups -OCH3 is 2. The second-order valence-corrected chi connectivity index (χ2v) is 20.4. The number of halogens is 4. The maximum atomic E-state index is 13.8. The molecule has 2 saturated carbocycles. The van der Waals surface area contributed by atoms with Crippen molar-refractivity contribution >= 4 is 75.3 Å². The van der Waals surface area contributed by atoms with Crippen molar-refractivity contribution in [2.75, 3.05) is 54.9 Å². The number of nitrogens with one attached hydrogen (secondary N) is 2. The van der Waals surface area contributed by atoms with Gasteiger partial charge in [0.15, 0.2) is 0 Å². The molecule has 7 N–H and O–H groups in total. The topological polar surface area (TPSA) is 202 Å². The summed E-state index contributed by atoms with van der Waals surface area (Å²) in [5.41, 5.74) is 13.0. The Bertz CT molecular complexity index is 3230. The van der Waals surface area contributed by atoms with Crippen LogP contribution in [0.1, 0.15) is 104 Å². The van der Waals surface area contributed by atoms with Crippen LogP contribution in [0.4, 0.5) is 31.5 Å². The van der Waals surface area contributed by atoms with E-state index in [0.29, 0.717) is 47.1 Å². The average Bonchev–Trinajstić information content (AvgIpc) is 3.92. The van der Waals surface area contributed by atoms with E-state index in [1.54, 1.807) is 41.3 Å². The van der Waals surface area contributed by atoms with Gasteiger partial charge in [0, 0.05) is 59.9 Å². The van der Waals surface area contributed by atoms with Gasteiger partial charge < -0.3 is 46.6 Å². The highest BCUT2D eigenvalue weighted by molar-refractivity contribution is 6.35. The van der Waals surface area contributed by atoms with E-state index in [1.165, 1.54) is 38.5 Å². The standard InChI is InChI=1S/C29H28ClFN4O3.C29H29ClFN3O3.CH4O/c1-38-25-15-18(8-11-23(25)33-27(36)21-16-20(31)9-10-22(21)30)28(37)35-14-13-29(12-4-7-26(29)34-32)17-19-5-2-3-6-24(19)35;1-37-25-15-18(8-11-23(25)33-27(35)21-16-20(31)9-10-22(21)30)28(36)34-14-13-29(12-4-7-26(29)32)17-19-5-2-3-6-24(19)34;1-2/h2-3,5-6,8-11,15-16H,4,7,12-14,17,32H2,1H3,(H,33,36);2-3,5-6,8-11,15-16,26H,4,7,12-14,17,32H2,1H3,(H,33,35);2H,1H3/b34-26+;;. The number of fused-ring (bicyclic) bond motifs is 2. The highest BCUT2D eigenvalue weighted by Crippen LogP contribution is 2.48. The lowest BCUT2D eigenvalue weighted by Crippen LogP contribution is -2.40. The number of amides is 4. The minimum Gasteiger partial charge on any atom is -0.495 e. The van der Waals surface area contributed by atoms with Crippen molar-refractivity contribution in [1.29, 1.82) is 0 Å². The average molecular weight is 1090 g/mol. The Kier molecular flexibility index (Phi) is 17.6. The minimum atomic E-state index is -0.590. The number of hydrogen-bond acceptors (Lipinski definition) is 10. The molecular weight excluding hydrogens is 1030 g/mol. The molecule has 2 aliphatic heterocycles. The Labute approximate surface area is 456 Å². The molecule has 14 nitrogen and oxygen atoms in total. The van der Waals surface area contributed by atoms with Crippen LogP contribution in [0, 0.1) is 22.5 Å². The Morgan fingerprint density at radius 2 is 1.14 bits per heavy atom. The molecule has 402 valence electrons. The molecular formula is C59H61Cl2F2N7O7. The molecule has 4 aliphatic rings. The lowest BCUT2D eigenvalue weighted by atomic mass is 9.75. The number of aliphatic hydroxyl groups is 1. The molecule has 10 rings (SSSR count). The molecule has 2 fully saturated rings. The fourth-order valence-electron chi connectivity index (χ4n) is 11.3. The molecule has 0 radical (unpaired) electrons. The van der Waals surface area contributed by atoms with Gasteiger partial charge in [-0.25, -0.2) is 8.78 Å². The zero-order chi connectivity index (χ0) is 55.0. The number of anilines is 4. The first-order chi connectivity index (χ1) is 37.2. The van der Waals surface area contributed by atoms with Gasteiger partial charge in [-0.15, -0.1) is 0 Å². The molecule has 0 aromatic heterocycles. The van der Waals surface area contributed by atoms with Crippen LogP contribution in [-0.2, 0) is 12.8 Å². The summed E-state index contributed by atoms with van der Waals surface area (Å²) in [7, 11) is 3.91. The number of nitrogens with zero attached hydrogens (tertiary/aromatic N) is 3. The monoisotopic (exact) mass is 1090 g/mol. The molecule has 6 aromatic rings. The van der Waals surface area contributed by atoms with Gasteiger partial charge in [0.05, 0.1) is 46.8 Å². The predicted molar refractivity (Wildman–Crippen MR) is 298 cm³/mol. The van der Waals surface area contributed by atoms with E-state index in [9.17, 15) is 28.0 Å². The molecule has 2 spiro atoms. The third-order valence-corrected chi connectivity index (χ3v) is 16.0. The summed E-state index contributed by atoms with van der Waals surface area (Å²) in [5, 5.41) is 16.8. The summed E-state index contributed by atoms with van der Waals surface area (Å²) in [6.45, 7) is 1.09. The third-order valence-electron chi connectivity index (χ3n) is 15.3. The molecule has 4 amide bonds. The number of hydrogen-bond donors (Lipinski definition) is 5. The van der Waals surface area contributed by atoms with Crippen LogP contribution in [0.25, 0.3) is 0 Å². The first-order valence-electron chi connectivity index (χ1n) is 25.3. The van der Waals surface area contributed by atoms with Crippen molar-refractivity contribution in [2.45, 2.75) is 70.3 Å². The third kappa shape index (κ3) is 11.8. The number of rotatable bonds is 8. The van der Waals surface area contributed by atoms with Gasteiger partial charge in [-0.3, -0.25) is 19.2 Å². The van der Waals surface area contributed by atoms with E-state index in [2.05, 4.69) is 27.9 Å². The van der Waals surface area contributed by atoms with E-state index < -0.39 is 23.4 Å². The molecule has 2 heterocycles. The molecule has 2 aliphatic carbocycles. The lowest BCUT2D eigenvalue weighted by molar-refractivity contribution is 0.0976. The summed E-state index contributed by atoms with van der Waals surface area (Å²) in [6, 6.07) is 32.9. The minimum absolute atomic E-state index is 0.00345. The Balaban J connectivity index is 0.000000197. The second-order valence-electron chi connectivity index (χ2n) is 19.6. The van der Waals surface area contributed by atoms with Gasteiger partial charge in [0.25, 0.3) is 23.6 Å². The van der Waals surface area contributed by atoms with Crippen LogP contribution in [0.5, 0.6) is 11.5 Å². The SMILES string of the molecule is CO.COc1cc(C(=O)N2CCC3(CCC/C3=N\N)Cc3ccccc32)ccc1NC(=O)c1cc(F)ccc1Cl.COc1cc(C(=O)N2CCC3(CCCC3N)Cc3ccccc32)ccc1NC(=O)c1cc(F)ccc1Cl. The van der Waals surface area contributed by atoms with Crippen molar-refractivity contribution < 1.29 is 42.5 Å². The Hall–Kier alpha value is -7.37. The summed E-state index contributed by atoms with van der Waals surface area (Å²) in [4.78, 5) is 56.8. The molecule has 3 atom stereocenters. The van der Waals surface area contributed by atoms with Crippen LogP contribution in [0.15, 0.2) is 126 Å². The van der Waals surface area contributed by atoms with Gasteiger partial charge in [-0.1, -0.05) is 66.0 Å². The number of ether oxygens (including phenoxy) is 2. The first kappa shape index (κ1) is 55.9. The van der Waals surface area contributed by atoms with Crippen LogP contribution < -0.4 is 41.5 Å². The predicted octanol–water partition coefficient (Wildman–Crippen LogP) is 11.3. The molecule has 0 saturated heterocycles. The molecule has 18 heteroatoms. The Morgan fingerprint density at radius 1 is 0.649 bits per heavy atom. The molecule has 77 heavy (non-hydrogen) atoms. The normalized spacial score (nSPS) is 19.9. The van der Waals surface area contributed by atoms with E-state index in [1.807, 2.05) is 41.3 Å². The quantitative estimate of drug-likeness (QED) is 0.0726. The first-order valence-corrected chi connectivity index (χ1v) is 26.1. The zero-order valence-electron chi connectivity index (χ0n) is 43.0. The summed E-state index contributed by atoms with van der Waals surface area (Å²) < 4.78 is 38.3. The van der Waals surface area contributed by atoms with Crippen LogP contribution >= 0.6 is 23.2 Å². The smallest absolute Gasteiger partial charge is 0.258 e. The fraction of sp³-hybridized carbons (Fsp3) is 0.305.